The predicted octanol–water partition coefficient (Wildman–Crippen LogP) is 0.664. The standard InChI is InChI=1S/C11H19NO5/c1-8(13)15-10-4-5-12(17-10)6-9-7-14-11(2,3)16-9/h9-10H,4-7H2,1-3H3. The van der Waals surface area contributed by atoms with E-state index in [1.807, 2.05) is 13.8 Å². The van der Waals surface area contributed by atoms with Crippen molar-refractivity contribution in [2.45, 2.75) is 45.4 Å². The number of carbonyl (C=O) groups excluding carboxylic acids is 1. The van der Waals surface area contributed by atoms with Gasteiger partial charge in [-0.05, 0) is 13.8 Å². The summed E-state index contributed by atoms with van der Waals surface area (Å²) in [7, 11) is 0. The fraction of sp³-hybridized carbons (Fsp3) is 0.909. The summed E-state index contributed by atoms with van der Waals surface area (Å²) in [5, 5.41) is 1.77. The third-order valence-electron chi connectivity index (χ3n) is 2.65. The van der Waals surface area contributed by atoms with Gasteiger partial charge in [0.1, 0.15) is 0 Å². The highest BCUT2D eigenvalue weighted by Crippen LogP contribution is 2.24. The van der Waals surface area contributed by atoms with Gasteiger partial charge in [-0.2, -0.15) is 5.06 Å². The topological polar surface area (TPSA) is 57.2 Å². The fourth-order valence-electron chi connectivity index (χ4n) is 2.00. The van der Waals surface area contributed by atoms with Gasteiger partial charge in [0.2, 0.25) is 6.29 Å². The van der Waals surface area contributed by atoms with E-state index in [0.717, 1.165) is 6.54 Å². The second kappa shape index (κ2) is 4.89. The average molecular weight is 245 g/mol. The second-order valence-electron chi connectivity index (χ2n) is 4.77. The van der Waals surface area contributed by atoms with Crippen LogP contribution in [0, 0.1) is 0 Å². The van der Waals surface area contributed by atoms with Crippen molar-refractivity contribution in [1.29, 1.82) is 0 Å². The van der Waals surface area contributed by atoms with E-state index in [2.05, 4.69) is 0 Å². The number of esters is 1. The van der Waals surface area contributed by atoms with Crippen LogP contribution in [0.4, 0.5) is 0 Å². The van der Waals surface area contributed by atoms with Crippen LogP contribution in [-0.4, -0.2) is 48.9 Å². The Morgan fingerprint density at radius 3 is 2.88 bits per heavy atom. The lowest BCUT2D eigenvalue weighted by Gasteiger charge is -2.20. The Morgan fingerprint density at radius 1 is 1.53 bits per heavy atom. The van der Waals surface area contributed by atoms with Crippen molar-refractivity contribution in [1.82, 2.24) is 5.06 Å². The van der Waals surface area contributed by atoms with Gasteiger partial charge in [-0.25, -0.2) is 0 Å². The first-order valence-electron chi connectivity index (χ1n) is 5.85. The van der Waals surface area contributed by atoms with Gasteiger partial charge < -0.3 is 14.2 Å². The Bertz CT molecular complexity index is 294. The summed E-state index contributed by atoms with van der Waals surface area (Å²) in [6.07, 6.45) is 0.236. The minimum Gasteiger partial charge on any atom is -0.434 e. The van der Waals surface area contributed by atoms with Crippen LogP contribution in [-0.2, 0) is 23.8 Å². The molecule has 2 unspecified atom stereocenters. The minimum absolute atomic E-state index is 0.000998. The van der Waals surface area contributed by atoms with Crippen LogP contribution < -0.4 is 0 Å². The molecule has 6 heteroatoms. The predicted molar refractivity (Wildman–Crippen MR) is 57.7 cm³/mol. The normalized spacial score (nSPS) is 32.9. The number of ether oxygens (including phenoxy) is 3. The van der Waals surface area contributed by atoms with Gasteiger partial charge in [0.25, 0.3) is 0 Å². The lowest BCUT2D eigenvalue weighted by atomic mass is 10.3. The number of hydroxylamine groups is 2. The van der Waals surface area contributed by atoms with Crippen LogP contribution >= 0.6 is 0 Å². The first-order valence-corrected chi connectivity index (χ1v) is 5.85. The van der Waals surface area contributed by atoms with Crippen molar-refractivity contribution in [3.8, 4) is 0 Å². The van der Waals surface area contributed by atoms with E-state index in [9.17, 15) is 4.79 Å². The molecule has 0 aromatic rings. The monoisotopic (exact) mass is 245 g/mol. The lowest BCUT2D eigenvalue weighted by Crippen LogP contribution is -2.33. The maximum atomic E-state index is 10.8. The Morgan fingerprint density at radius 2 is 2.29 bits per heavy atom. The van der Waals surface area contributed by atoms with Crippen LogP contribution in [0.3, 0.4) is 0 Å². The molecule has 0 aliphatic carbocycles. The van der Waals surface area contributed by atoms with Gasteiger partial charge in [-0.3, -0.25) is 9.63 Å². The minimum atomic E-state index is -0.514. The Balaban J connectivity index is 1.73. The summed E-state index contributed by atoms with van der Waals surface area (Å²) in [6.45, 7) is 7.08. The first kappa shape index (κ1) is 12.8. The van der Waals surface area contributed by atoms with Crippen LogP contribution in [0.25, 0.3) is 0 Å². The zero-order valence-electron chi connectivity index (χ0n) is 10.5. The third kappa shape index (κ3) is 3.64. The summed E-state index contributed by atoms with van der Waals surface area (Å²) >= 11 is 0. The highest BCUT2D eigenvalue weighted by molar-refractivity contribution is 5.66. The number of hydrogen-bond donors (Lipinski definition) is 0. The molecule has 0 spiro atoms. The molecule has 2 fully saturated rings. The summed E-state index contributed by atoms with van der Waals surface area (Å²) in [5.41, 5.74) is 0. The second-order valence-corrected chi connectivity index (χ2v) is 4.77. The third-order valence-corrected chi connectivity index (χ3v) is 2.65. The van der Waals surface area contributed by atoms with Gasteiger partial charge in [0.15, 0.2) is 5.79 Å². The van der Waals surface area contributed by atoms with Crippen molar-refractivity contribution in [3.05, 3.63) is 0 Å². The molecule has 2 saturated heterocycles. The van der Waals surface area contributed by atoms with Gasteiger partial charge in [-0.1, -0.05) is 0 Å². The van der Waals surface area contributed by atoms with Crippen molar-refractivity contribution < 1.29 is 23.8 Å². The van der Waals surface area contributed by atoms with Gasteiger partial charge in [-0.15, -0.1) is 0 Å². The van der Waals surface area contributed by atoms with E-state index in [0.29, 0.717) is 19.6 Å². The summed E-state index contributed by atoms with van der Waals surface area (Å²) in [6, 6.07) is 0. The van der Waals surface area contributed by atoms with E-state index >= 15 is 0 Å². The quantitative estimate of drug-likeness (QED) is 0.681. The molecule has 0 bridgehead atoms. The number of carbonyl (C=O) groups is 1. The van der Waals surface area contributed by atoms with Gasteiger partial charge in [0, 0.05) is 19.9 Å². The molecule has 6 nitrogen and oxygen atoms in total. The van der Waals surface area contributed by atoms with Crippen LogP contribution in [0.2, 0.25) is 0 Å². The maximum Gasteiger partial charge on any atom is 0.304 e. The lowest BCUT2D eigenvalue weighted by molar-refractivity contribution is -0.236. The largest absolute Gasteiger partial charge is 0.434 e. The van der Waals surface area contributed by atoms with Crippen molar-refractivity contribution >= 4 is 5.97 Å². The molecule has 17 heavy (non-hydrogen) atoms. The van der Waals surface area contributed by atoms with Crippen LogP contribution in [0.15, 0.2) is 0 Å². The summed E-state index contributed by atoms with van der Waals surface area (Å²) < 4.78 is 16.1. The molecule has 2 aliphatic heterocycles. The molecule has 0 radical (unpaired) electrons. The number of hydrogen-bond acceptors (Lipinski definition) is 6. The molecule has 0 aromatic carbocycles. The fourth-order valence-corrected chi connectivity index (χ4v) is 2.00. The summed E-state index contributed by atoms with van der Waals surface area (Å²) in [4.78, 5) is 16.2. The molecule has 0 N–H and O–H groups in total. The SMILES string of the molecule is CC(=O)OC1CCN(CC2COC(C)(C)O2)O1. The molecule has 0 saturated carbocycles. The molecule has 0 amide bonds. The number of rotatable bonds is 3. The highest BCUT2D eigenvalue weighted by atomic mass is 16.8. The molecule has 2 heterocycles. The number of nitrogens with zero attached hydrogens (tertiary/aromatic N) is 1. The zero-order chi connectivity index (χ0) is 12.5. The highest BCUT2D eigenvalue weighted by Gasteiger charge is 2.36. The molecule has 2 atom stereocenters. The van der Waals surface area contributed by atoms with E-state index in [1.165, 1.54) is 6.92 Å². The van der Waals surface area contributed by atoms with E-state index in [1.54, 1.807) is 5.06 Å². The first-order chi connectivity index (χ1) is 7.94. The molecular weight excluding hydrogens is 226 g/mol. The molecule has 98 valence electrons. The Hall–Kier alpha value is -0.690. The van der Waals surface area contributed by atoms with Gasteiger partial charge in [0.05, 0.1) is 19.3 Å². The molecule has 2 aliphatic rings. The van der Waals surface area contributed by atoms with Crippen molar-refractivity contribution in [2.24, 2.45) is 0 Å². The van der Waals surface area contributed by atoms with Crippen LogP contribution in [0.1, 0.15) is 27.2 Å². The molecular formula is C11H19NO5. The zero-order valence-corrected chi connectivity index (χ0v) is 10.5. The molecule has 0 aromatic heterocycles. The maximum absolute atomic E-state index is 10.8. The Labute approximate surface area is 101 Å². The van der Waals surface area contributed by atoms with E-state index in [-0.39, 0.29) is 12.1 Å². The smallest absolute Gasteiger partial charge is 0.304 e. The van der Waals surface area contributed by atoms with Crippen molar-refractivity contribution in [3.63, 3.8) is 0 Å². The molecule has 2 rings (SSSR count). The van der Waals surface area contributed by atoms with Crippen molar-refractivity contribution in [2.75, 3.05) is 19.7 Å². The van der Waals surface area contributed by atoms with Crippen LogP contribution in [0.5, 0.6) is 0 Å². The van der Waals surface area contributed by atoms with Gasteiger partial charge >= 0.3 is 5.97 Å². The van der Waals surface area contributed by atoms with E-state index < -0.39 is 12.1 Å². The Kier molecular flexibility index (Phi) is 3.67. The average Bonchev–Trinajstić information content (AvgIpc) is 2.73. The summed E-state index contributed by atoms with van der Waals surface area (Å²) in [5.74, 6) is -0.835. The van der Waals surface area contributed by atoms with E-state index in [4.69, 9.17) is 19.0 Å².